The van der Waals surface area contributed by atoms with Crippen LogP contribution >= 0.6 is 0 Å². The van der Waals surface area contributed by atoms with Gasteiger partial charge in [-0.1, -0.05) is 30.3 Å². The highest BCUT2D eigenvalue weighted by atomic mass is 32.2. The fourth-order valence-corrected chi connectivity index (χ4v) is 4.44. The number of morpholine rings is 1. The lowest BCUT2D eigenvalue weighted by atomic mass is 10.1. The molecule has 1 atom stereocenters. The Morgan fingerprint density at radius 2 is 1.75 bits per heavy atom. The van der Waals surface area contributed by atoms with Crippen LogP contribution < -0.4 is 10.6 Å². The number of carbonyl (C=O) groups excluding carboxylic acids is 1. The molecule has 0 aromatic heterocycles. The van der Waals surface area contributed by atoms with E-state index in [1.807, 2.05) is 42.6 Å². The van der Waals surface area contributed by atoms with E-state index in [1.165, 1.54) is 16.4 Å². The van der Waals surface area contributed by atoms with Gasteiger partial charge in [-0.25, -0.2) is 8.42 Å². The third-order valence-corrected chi connectivity index (χ3v) is 6.64. The Balaban J connectivity index is 1.54. The Morgan fingerprint density at radius 3 is 2.39 bits per heavy atom. The van der Waals surface area contributed by atoms with Crippen molar-refractivity contribution in [2.75, 3.05) is 38.2 Å². The number of nitrogens with two attached hydrogens (primary N) is 1. The summed E-state index contributed by atoms with van der Waals surface area (Å²) in [6.45, 7) is 3.86. The number of hydrogen-bond acceptors (Lipinski definition) is 4. The zero-order chi connectivity index (χ0) is 20.0. The van der Waals surface area contributed by atoms with Gasteiger partial charge in [-0.2, -0.15) is 4.31 Å². The largest absolute Gasteiger partial charge is 0.379 e. The average Bonchev–Trinajstić information content (AvgIpc) is 2.73. The first-order chi connectivity index (χ1) is 13.5. The molecule has 2 aromatic carbocycles. The van der Waals surface area contributed by atoms with Crippen molar-refractivity contribution < 1.29 is 23.3 Å². The highest BCUT2D eigenvalue weighted by molar-refractivity contribution is 7.89. The number of ether oxygens (including phenoxy) is 1. The fraction of sp³-hybridized carbons (Fsp3) is 0.350. The first-order valence-corrected chi connectivity index (χ1v) is 10.8. The summed E-state index contributed by atoms with van der Waals surface area (Å²) in [6, 6.07) is 16.4. The van der Waals surface area contributed by atoms with E-state index in [1.54, 1.807) is 12.1 Å². The second-order valence-corrected chi connectivity index (χ2v) is 8.67. The van der Waals surface area contributed by atoms with Crippen LogP contribution in [0.1, 0.15) is 18.5 Å². The molecule has 1 fully saturated rings. The highest BCUT2D eigenvalue weighted by Gasteiger charge is 2.26. The Labute approximate surface area is 165 Å². The number of anilines is 1. The third-order valence-electron chi connectivity index (χ3n) is 4.73. The van der Waals surface area contributed by atoms with Crippen LogP contribution in [0.15, 0.2) is 59.5 Å². The molecule has 3 rings (SSSR count). The van der Waals surface area contributed by atoms with E-state index >= 15 is 0 Å². The van der Waals surface area contributed by atoms with E-state index in [0.29, 0.717) is 32.0 Å². The second-order valence-electron chi connectivity index (χ2n) is 6.73. The second kappa shape index (κ2) is 9.29. The van der Waals surface area contributed by atoms with Gasteiger partial charge in [0.2, 0.25) is 10.0 Å². The lowest BCUT2D eigenvalue weighted by Crippen LogP contribution is -2.86. The molecule has 0 unspecified atom stereocenters. The monoisotopic (exact) mass is 404 g/mol. The van der Waals surface area contributed by atoms with Crippen LogP contribution in [0.4, 0.5) is 5.69 Å². The molecule has 1 heterocycles. The number of nitrogens with one attached hydrogen (secondary N) is 1. The molecule has 8 heteroatoms. The Kier molecular flexibility index (Phi) is 6.79. The molecule has 1 aliphatic heterocycles. The summed E-state index contributed by atoms with van der Waals surface area (Å²) in [5.41, 5.74) is 1.74. The summed E-state index contributed by atoms with van der Waals surface area (Å²) in [7, 11) is -3.52. The SMILES string of the molecule is C[C@H]([NH2+]CC(=O)Nc1ccc(S(=O)(=O)N2CCOCC2)cc1)c1ccccc1. The van der Waals surface area contributed by atoms with Crippen molar-refractivity contribution in [1.29, 1.82) is 0 Å². The molecule has 0 radical (unpaired) electrons. The lowest BCUT2D eigenvalue weighted by Gasteiger charge is -2.26. The first-order valence-electron chi connectivity index (χ1n) is 9.33. The maximum absolute atomic E-state index is 12.6. The molecule has 2 aromatic rings. The molecular weight excluding hydrogens is 378 g/mol. The van der Waals surface area contributed by atoms with Crippen LogP contribution in [0.25, 0.3) is 0 Å². The molecule has 0 aliphatic carbocycles. The predicted molar refractivity (Wildman–Crippen MR) is 106 cm³/mol. The zero-order valence-corrected chi connectivity index (χ0v) is 16.7. The molecule has 3 N–H and O–H groups in total. The van der Waals surface area contributed by atoms with Crippen molar-refractivity contribution in [2.24, 2.45) is 0 Å². The Bertz CT molecular complexity index is 879. The van der Waals surface area contributed by atoms with Gasteiger partial charge in [-0.15, -0.1) is 0 Å². The number of nitrogens with zero attached hydrogens (tertiary/aromatic N) is 1. The van der Waals surface area contributed by atoms with Crippen LogP contribution in [0, 0.1) is 0 Å². The van der Waals surface area contributed by atoms with E-state index < -0.39 is 10.0 Å². The minimum atomic E-state index is -3.52. The van der Waals surface area contributed by atoms with E-state index in [0.717, 1.165) is 5.56 Å². The van der Waals surface area contributed by atoms with Gasteiger partial charge in [0.1, 0.15) is 6.04 Å². The number of sulfonamides is 1. The van der Waals surface area contributed by atoms with Crippen molar-refractivity contribution in [1.82, 2.24) is 4.31 Å². The Hall–Kier alpha value is -2.26. The lowest BCUT2D eigenvalue weighted by molar-refractivity contribution is -0.682. The fourth-order valence-electron chi connectivity index (χ4n) is 3.03. The molecule has 0 bridgehead atoms. The van der Waals surface area contributed by atoms with Gasteiger partial charge in [0, 0.05) is 24.3 Å². The van der Waals surface area contributed by atoms with Crippen LogP contribution in [0.5, 0.6) is 0 Å². The standard InChI is InChI=1S/C20H25N3O4S/c1-16(17-5-3-2-4-6-17)21-15-20(24)22-18-7-9-19(10-8-18)28(25,26)23-11-13-27-14-12-23/h2-10,16,21H,11-15H2,1H3,(H,22,24)/p+1/t16-/m0/s1. The normalized spacial score (nSPS) is 16.5. The molecule has 150 valence electrons. The topological polar surface area (TPSA) is 92.3 Å². The van der Waals surface area contributed by atoms with Gasteiger partial charge in [0.15, 0.2) is 6.54 Å². The molecule has 1 aliphatic rings. The smallest absolute Gasteiger partial charge is 0.279 e. The third kappa shape index (κ3) is 5.17. The maximum Gasteiger partial charge on any atom is 0.279 e. The molecule has 1 amide bonds. The van der Waals surface area contributed by atoms with Gasteiger partial charge in [0.25, 0.3) is 5.91 Å². The molecular formula is C20H26N3O4S+. The van der Waals surface area contributed by atoms with Gasteiger partial charge >= 0.3 is 0 Å². The summed E-state index contributed by atoms with van der Waals surface area (Å²) in [6.07, 6.45) is 0. The van der Waals surface area contributed by atoms with Crippen molar-refractivity contribution in [3.8, 4) is 0 Å². The van der Waals surface area contributed by atoms with Crippen molar-refractivity contribution in [2.45, 2.75) is 17.9 Å². The van der Waals surface area contributed by atoms with E-state index in [-0.39, 0.29) is 23.4 Å². The molecule has 7 nitrogen and oxygen atoms in total. The number of amides is 1. The quantitative estimate of drug-likeness (QED) is 0.719. The van der Waals surface area contributed by atoms with Crippen molar-refractivity contribution in [3.05, 3.63) is 60.2 Å². The van der Waals surface area contributed by atoms with Crippen LogP contribution in [0.2, 0.25) is 0 Å². The van der Waals surface area contributed by atoms with Crippen LogP contribution in [-0.2, 0) is 19.6 Å². The van der Waals surface area contributed by atoms with Crippen molar-refractivity contribution >= 4 is 21.6 Å². The Morgan fingerprint density at radius 1 is 1.11 bits per heavy atom. The summed E-state index contributed by atoms with van der Waals surface area (Å²) >= 11 is 0. The number of hydrogen-bond donors (Lipinski definition) is 2. The number of quaternary nitrogens is 1. The van der Waals surface area contributed by atoms with E-state index in [4.69, 9.17) is 4.74 Å². The average molecular weight is 405 g/mol. The van der Waals surface area contributed by atoms with E-state index in [9.17, 15) is 13.2 Å². The first kappa shape index (κ1) is 20.5. The van der Waals surface area contributed by atoms with Crippen LogP contribution in [-0.4, -0.2) is 51.5 Å². The molecule has 28 heavy (non-hydrogen) atoms. The number of benzene rings is 2. The van der Waals surface area contributed by atoms with Gasteiger partial charge < -0.3 is 15.4 Å². The van der Waals surface area contributed by atoms with Gasteiger partial charge in [-0.05, 0) is 31.2 Å². The summed E-state index contributed by atoms with van der Waals surface area (Å²) in [5, 5.41) is 4.77. The van der Waals surface area contributed by atoms with Crippen LogP contribution in [0.3, 0.4) is 0 Å². The maximum atomic E-state index is 12.6. The summed E-state index contributed by atoms with van der Waals surface area (Å²) in [4.78, 5) is 12.4. The molecule has 0 spiro atoms. The minimum absolute atomic E-state index is 0.133. The van der Waals surface area contributed by atoms with Crippen molar-refractivity contribution in [3.63, 3.8) is 0 Å². The minimum Gasteiger partial charge on any atom is -0.379 e. The zero-order valence-electron chi connectivity index (χ0n) is 15.9. The molecule has 1 saturated heterocycles. The summed E-state index contributed by atoms with van der Waals surface area (Å²) < 4.78 is 31.8. The summed E-state index contributed by atoms with van der Waals surface area (Å²) in [5.74, 6) is -0.133. The van der Waals surface area contributed by atoms with Gasteiger partial charge in [0.05, 0.1) is 18.1 Å². The number of carbonyl (C=O) groups is 1. The van der Waals surface area contributed by atoms with Gasteiger partial charge in [-0.3, -0.25) is 4.79 Å². The molecule has 0 saturated carbocycles. The predicted octanol–water partition coefficient (Wildman–Crippen LogP) is 0.971. The van der Waals surface area contributed by atoms with E-state index in [2.05, 4.69) is 5.32 Å². The highest BCUT2D eigenvalue weighted by Crippen LogP contribution is 2.19. The number of rotatable bonds is 7.